The number of benzene rings is 1. The van der Waals surface area contributed by atoms with Crippen LogP contribution in [0.1, 0.15) is 36.6 Å². The summed E-state index contributed by atoms with van der Waals surface area (Å²) >= 11 is 0. The quantitative estimate of drug-likeness (QED) is 0.557. The van der Waals surface area contributed by atoms with Gasteiger partial charge in [0, 0.05) is 12.1 Å². The molecular formula is C20H18N6O2S. The number of aromatic nitrogens is 5. The Balaban J connectivity index is 1.38. The highest BCUT2D eigenvalue weighted by molar-refractivity contribution is 7.91. The molecule has 3 aromatic heterocycles. The third kappa shape index (κ3) is 3.06. The topological polar surface area (TPSA) is 117 Å². The van der Waals surface area contributed by atoms with Gasteiger partial charge in [-0.25, -0.2) is 13.4 Å². The number of aromatic amines is 1. The van der Waals surface area contributed by atoms with Crippen LogP contribution in [0.3, 0.4) is 0 Å². The molecule has 1 aliphatic carbocycles. The van der Waals surface area contributed by atoms with Gasteiger partial charge in [-0.1, -0.05) is 0 Å². The summed E-state index contributed by atoms with van der Waals surface area (Å²) in [5.74, 6) is 1.20. The molecule has 0 saturated heterocycles. The van der Waals surface area contributed by atoms with Gasteiger partial charge in [0.15, 0.2) is 21.1 Å². The van der Waals surface area contributed by atoms with Gasteiger partial charge in [-0.15, -0.1) is 10.2 Å². The molecule has 1 N–H and O–H groups in total. The fourth-order valence-electron chi connectivity index (χ4n) is 4.27. The van der Waals surface area contributed by atoms with Crippen molar-refractivity contribution in [3.05, 3.63) is 54.1 Å². The van der Waals surface area contributed by atoms with Crippen LogP contribution in [-0.4, -0.2) is 38.7 Å². The van der Waals surface area contributed by atoms with Gasteiger partial charge in [-0.3, -0.25) is 4.40 Å². The van der Waals surface area contributed by atoms with E-state index in [4.69, 9.17) is 5.26 Å². The average molecular weight is 406 g/mol. The smallest absolute Gasteiger partial charge is 0.179 e. The van der Waals surface area contributed by atoms with Crippen LogP contribution in [-0.2, 0) is 9.84 Å². The lowest BCUT2D eigenvalue weighted by Gasteiger charge is -2.12. The Bertz CT molecular complexity index is 1350. The molecule has 1 saturated carbocycles. The monoisotopic (exact) mass is 406 g/mol. The second-order valence-electron chi connectivity index (χ2n) is 7.52. The van der Waals surface area contributed by atoms with Crippen molar-refractivity contribution in [3.8, 4) is 6.07 Å². The normalized spacial score (nSPS) is 19.7. The summed E-state index contributed by atoms with van der Waals surface area (Å²) in [6.07, 6.45) is 5.99. The van der Waals surface area contributed by atoms with Gasteiger partial charge < -0.3 is 4.98 Å². The standard InChI is InChI=1S/C20H18N6O2S/c21-10-13-2-5-16(6-3-13)29(27,28)12-14-1-4-15(9-14)20-25-24-18-11-23-19-17(26(18)20)7-8-22-19/h2-3,5-8,11,14-15,22H,1,4,9,12H2/t14-,15+/m0/s1. The first-order chi connectivity index (χ1) is 14.0. The number of fused-ring (bicyclic) bond motifs is 3. The summed E-state index contributed by atoms with van der Waals surface area (Å²) in [4.78, 5) is 7.71. The van der Waals surface area contributed by atoms with Crippen molar-refractivity contribution in [1.82, 2.24) is 24.6 Å². The Hall–Kier alpha value is -3.25. The third-order valence-electron chi connectivity index (χ3n) is 5.67. The predicted molar refractivity (Wildman–Crippen MR) is 106 cm³/mol. The van der Waals surface area contributed by atoms with Crippen LogP contribution in [0.2, 0.25) is 0 Å². The highest BCUT2D eigenvalue weighted by Crippen LogP contribution is 2.39. The Kier molecular flexibility index (Phi) is 4.10. The molecule has 9 heteroatoms. The fourth-order valence-corrected chi connectivity index (χ4v) is 5.93. The molecule has 29 heavy (non-hydrogen) atoms. The van der Waals surface area contributed by atoms with E-state index in [1.165, 1.54) is 12.1 Å². The van der Waals surface area contributed by atoms with Gasteiger partial charge in [-0.05, 0) is 55.5 Å². The van der Waals surface area contributed by atoms with Crippen molar-refractivity contribution < 1.29 is 8.42 Å². The zero-order chi connectivity index (χ0) is 20.0. The predicted octanol–water partition coefficient (Wildman–Crippen LogP) is 2.83. The summed E-state index contributed by atoms with van der Waals surface area (Å²) in [6.45, 7) is 0. The lowest BCUT2D eigenvalue weighted by Crippen LogP contribution is -2.14. The number of H-pyrrole nitrogens is 1. The molecule has 1 fully saturated rings. The molecule has 0 spiro atoms. The molecule has 8 nitrogen and oxygen atoms in total. The van der Waals surface area contributed by atoms with E-state index < -0.39 is 9.84 Å². The summed E-state index contributed by atoms with van der Waals surface area (Å²) < 4.78 is 27.6. The second-order valence-corrected chi connectivity index (χ2v) is 9.55. The molecule has 0 unspecified atom stereocenters. The summed E-state index contributed by atoms with van der Waals surface area (Å²) in [7, 11) is -3.40. The van der Waals surface area contributed by atoms with Crippen molar-refractivity contribution in [2.45, 2.75) is 30.1 Å². The molecule has 1 aliphatic rings. The third-order valence-corrected chi connectivity index (χ3v) is 7.57. The zero-order valence-electron chi connectivity index (χ0n) is 15.5. The van der Waals surface area contributed by atoms with E-state index in [-0.39, 0.29) is 22.5 Å². The van der Waals surface area contributed by atoms with E-state index in [0.717, 1.165) is 36.3 Å². The zero-order valence-corrected chi connectivity index (χ0v) is 16.3. The summed E-state index contributed by atoms with van der Waals surface area (Å²) in [5, 5.41) is 17.5. The van der Waals surface area contributed by atoms with Gasteiger partial charge in [-0.2, -0.15) is 5.26 Å². The van der Waals surface area contributed by atoms with Gasteiger partial charge in [0.25, 0.3) is 0 Å². The number of rotatable bonds is 4. The molecule has 0 bridgehead atoms. The Morgan fingerprint density at radius 2 is 2.00 bits per heavy atom. The number of nitriles is 1. The first kappa shape index (κ1) is 17.8. The SMILES string of the molecule is N#Cc1ccc(S(=O)(=O)C[C@H]2CC[C@@H](c3nnc4cnc5[nH]ccc5n34)C2)cc1. The number of nitrogens with zero attached hydrogens (tertiary/aromatic N) is 5. The number of hydrogen-bond donors (Lipinski definition) is 1. The van der Waals surface area contributed by atoms with Crippen molar-refractivity contribution in [2.75, 3.05) is 5.75 Å². The van der Waals surface area contributed by atoms with Crippen LogP contribution in [0.5, 0.6) is 0 Å². The van der Waals surface area contributed by atoms with Crippen LogP contribution in [0, 0.1) is 17.2 Å². The van der Waals surface area contributed by atoms with Crippen molar-refractivity contribution >= 4 is 26.6 Å². The van der Waals surface area contributed by atoms with Crippen LogP contribution < -0.4 is 0 Å². The number of sulfone groups is 1. The molecule has 146 valence electrons. The first-order valence-electron chi connectivity index (χ1n) is 9.45. The maximum absolute atomic E-state index is 12.8. The maximum atomic E-state index is 12.8. The largest absolute Gasteiger partial charge is 0.345 e. The molecule has 0 aliphatic heterocycles. The van der Waals surface area contributed by atoms with Gasteiger partial charge >= 0.3 is 0 Å². The minimum atomic E-state index is -3.40. The molecule has 1 aromatic carbocycles. The minimum absolute atomic E-state index is 0.0662. The highest BCUT2D eigenvalue weighted by Gasteiger charge is 2.33. The summed E-state index contributed by atoms with van der Waals surface area (Å²) in [6, 6.07) is 10.1. The average Bonchev–Trinajstić information content (AvgIpc) is 3.45. The van der Waals surface area contributed by atoms with Crippen LogP contribution in [0.25, 0.3) is 16.8 Å². The molecule has 0 radical (unpaired) electrons. The van der Waals surface area contributed by atoms with Crippen molar-refractivity contribution in [2.24, 2.45) is 5.92 Å². The Labute approximate surface area is 167 Å². The fraction of sp³-hybridized carbons (Fsp3) is 0.300. The van der Waals surface area contributed by atoms with E-state index in [0.29, 0.717) is 11.2 Å². The molecular weight excluding hydrogens is 388 g/mol. The number of hydrogen-bond acceptors (Lipinski definition) is 6. The van der Waals surface area contributed by atoms with Gasteiger partial charge in [0.05, 0.1) is 34.0 Å². The molecule has 3 heterocycles. The minimum Gasteiger partial charge on any atom is -0.345 e. The van der Waals surface area contributed by atoms with Crippen molar-refractivity contribution in [3.63, 3.8) is 0 Å². The Morgan fingerprint density at radius 3 is 2.79 bits per heavy atom. The van der Waals surface area contributed by atoms with Crippen LogP contribution >= 0.6 is 0 Å². The van der Waals surface area contributed by atoms with E-state index in [9.17, 15) is 8.42 Å². The Morgan fingerprint density at radius 1 is 1.17 bits per heavy atom. The second kappa shape index (κ2) is 6.67. The van der Waals surface area contributed by atoms with E-state index in [2.05, 4.69) is 20.2 Å². The van der Waals surface area contributed by atoms with Crippen LogP contribution in [0.4, 0.5) is 0 Å². The van der Waals surface area contributed by atoms with Crippen molar-refractivity contribution in [1.29, 1.82) is 5.26 Å². The van der Waals surface area contributed by atoms with Gasteiger partial charge in [0.1, 0.15) is 5.82 Å². The summed E-state index contributed by atoms with van der Waals surface area (Å²) in [5.41, 5.74) is 2.85. The molecule has 5 rings (SSSR count). The lowest BCUT2D eigenvalue weighted by atomic mass is 10.1. The van der Waals surface area contributed by atoms with E-state index >= 15 is 0 Å². The van der Waals surface area contributed by atoms with E-state index in [1.807, 2.05) is 22.7 Å². The highest BCUT2D eigenvalue weighted by atomic mass is 32.2. The lowest BCUT2D eigenvalue weighted by molar-refractivity contribution is 0.550. The molecule has 4 aromatic rings. The molecule has 0 amide bonds. The first-order valence-corrected chi connectivity index (χ1v) is 11.1. The maximum Gasteiger partial charge on any atom is 0.179 e. The number of nitrogens with one attached hydrogen (secondary N) is 1. The van der Waals surface area contributed by atoms with Crippen LogP contribution in [0.15, 0.2) is 47.6 Å². The van der Waals surface area contributed by atoms with Gasteiger partial charge in [0.2, 0.25) is 0 Å². The van der Waals surface area contributed by atoms with E-state index in [1.54, 1.807) is 18.3 Å². The molecule has 2 atom stereocenters.